The first-order chi connectivity index (χ1) is 8.34. The normalized spacial score (nSPS) is 32.4. The quantitative estimate of drug-likeness (QED) is 0.868. The number of likely N-dealkylation sites (tertiary alicyclic amines) is 1. The molecule has 2 atom stereocenters. The van der Waals surface area contributed by atoms with Crippen LogP contribution in [-0.4, -0.2) is 35.2 Å². The third-order valence-corrected chi connectivity index (χ3v) is 4.98. The van der Waals surface area contributed by atoms with Crippen LogP contribution in [0.4, 0.5) is 0 Å². The molecule has 1 aromatic rings. The van der Waals surface area contributed by atoms with Crippen molar-refractivity contribution in [3.8, 4) is 0 Å². The lowest BCUT2D eigenvalue weighted by atomic mass is 9.64. The van der Waals surface area contributed by atoms with Gasteiger partial charge in [-0.05, 0) is 32.4 Å². The van der Waals surface area contributed by atoms with E-state index in [0.717, 1.165) is 19.4 Å². The second kappa shape index (κ2) is 4.67. The van der Waals surface area contributed by atoms with Gasteiger partial charge in [-0.3, -0.25) is 0 Å². The van der Waals surface area contributed by atoms with Gasteiger partial charge in [0.05, 0.1) is 5.60 Å². The Kier molecular flexibility index (Phi) is 3.52. The van der Waals surface area contributed by atoms with Gasteiger partial charge < -0.3 is 10.0 Å². The highest BCUT2D eigenvalue weighted by Crippen LogP contribution is 2.43. The van der Waals surface area contributed by atoms with Crippen LogP contribution in [0.5, 0.6) is 0 Å². The van der Waals surface area contributed by atoms with Gasteiger partial charge in [-0.2, -0.15) is 0 Å². The highest BCUT2D eigenvalue weighted by molar-refractivity contribution is 5.18. The molecule has 1 aliphatic heterocycles. The second-order valence-corrected chi connectivity index (χ2v) is 6.43. The lowest BCUT2D eigenvalue weighted by molar-refractivity contribution is -0.132. The van der Waals surface area contributed by atoms with Crippen LogP contribution in [0.2, 0.25) is 0 Å². The molecule has 2 rings (SSSR count). The van der Waals surface area contributed by atoms with Crippen LogP contribution < -0.4 is 0 Å². The maximum absolute atomic E-state index is 10.6. The molecule has 2 nitrogen and oxygen atoms in total. The Hall–Kier alpha value is -0.860. The van der Waals surface area contributed by atoms with E-state index in [1.165, 1.54) is 5.56 Å². The number of rotatable bonds is 2. The fourth-order valence-electron chi connectivity index (χ4n) is 3.03. The molecule has 1 heterocycles. The minimum atomic E-state index is -0.584. The van der Waals surface area contributed by atoms with Gasteiger partial charge in [-0.15, -0.1) is 0 Å². The lowest BCUT2D eigenvalue weighted by Crippen LogP contribution is -2.61. The number of hydrogen-bond acceptors (Lipinski definition) is 2. The minimum absolute atomic E-state index is 0.101. The summed E-state index contributed by atoms with van der Waals surface area (Å²) in [6.45, 7) is 7.33. The average Bonchev–Trinajstić information content (AvgIpc) is 2.32. The molecule has 1 aliphatic rings. The summed E-state index contributed by atoms with van der Waals surface area (Å²) in [4.78, 5) is 2.39. The molecule has 1 aromatic carbocycles. The van der Waals surface area contributed by atoms with Crippen LogP contribution in [0.15, 0.2) is 30.3 Å². The molecule has 0 aromatic heterocycles. The first kappa shape index (κ1) is 13.6. The molecule has 18 heavy (non-hydrogen) atoms. The topological polar surface area (TPSA) is 23.5 Å². The van der Waals surface area contributed by atoms with E-state index in [9.17, 15) is 5.11 Å². The van der Waals surface area contributed by atoms with Crippen molar-refractivity contribution in [2.75, 3.05) is 13.6 Å². The molecule has 2 unspecified atom stereocenters. The highest BCUT2D eigenvalue weighted by atomic mass is 16.3. The number of aliphatic hydroxyl groups is 1. The summed E-state index contributed by atoms with van der Waals surface area (Å²) in [7, 11) is 2.17. The van der Waals surface area contributed by atoms with Crippen molar-refractivity contribution in [2.24, 2.45) is 5.41 Å². The Labute approximate surface area is 111 Å². The van der Waals surface area contributed by atoms with Crippen LogP contribution in [0, 0.1) is 5.41 Å². The van der Waals surface area contributed by atoms with E-state index >= 15 is 0 Å². The fraction of sp³-hybridized carbons (Fsp3) is 0.625. The predicted molar refractivity (Wildman–Crippen MR) is 75.6 cm³/mol. The van der Waals surface area contributed by atoms with Crippen LogP contribution >= 0.6 is 0 Å². The largest absolute Gasteiger partial charge is 0.390 e. The van der Waals surface area contributed by atoms with Crippen molar-refractivity contribution >= 4 is 0 Å². The summed E-state index contributed by atoms with van der Waals surface area (Å²) in [5, 5.41) is 10.6. The third kappa shape index (κ3) is 2.32. The lowest BCUT2D eigenvalue weighted by Gasteiger charge is -2.53. The van der Waals surface area contributed by atoms with Gasteiger partial charge in [-0.25, -0.2) is 0 Å². The van der Waals surface area contributed by atoms with E-state index in [-0.39, 0.29) is 5.41 Å². The van der Waals surface area contributed by atoms with Crippen LogP contribution in [0.3, 0.4) is 0 Å². The van der Waals surface area contributed by atoms with Crippen molar-refractivity contribution < 1.29 is 5.11 Å². The molecule has 1 N–H and O–H groups in total. The third-order valence-electron chi connectivity index (χ3n) is 4.98. The minimum Gasteiger partial charge on any atom is -0.390 e. The van der Waals surface area contributed by atoms with Gasteiger partial charge in [0.15, 0.2) is 0 Å². The Morgan fingerprint density at radius 1 is 1.22 bits per heavy atom. The number of hydrogen-bond donors (Lipinski definition) is 1. The first-order valence-electron chi connectivity index (χ1n) is 6.81. The molecular formula is C16H25NO. The van der Waals surface area contributed by atoms with E-state index in [0.29, 0.717) is 6.04 Å². The van der Waals surface area contributed by atoms with Crippen LogP contribution in [0.1, 0.15) is 32.8 Å². The molecule has 0 spiro atoms. The van der Waals surface area contributed by atoms with E-state index in [4.69, 9.17) is 0 Å². The summed E-state index contributed by atoms with van der Waals surface area (Å²) in [5.74, 6) is 0. The maximum atomic E-state index is 10.6. The van der Waals surface area contributed by atoms with Gasteiger partial charge >= 0.3 is 0 Å². The van der Waals surface area contributed by atoms with Crippen molar-refractivity contribution in [3.63, 3.8) is 0 Å². The Bertz CT molecular complexity index is 397. The first-order valence-corrected chi connectivity index (χ1v) is 6.81. The molecule has 1 saturated heterocycles. The molecule has 0 amide bonds. The zero-order valence-corrected chi connectivity index (χ0v) is 12.0. The van der Waals surface area contributed by atoms with Gasteiger partial charge in [0.2, 0.25) is 0 Å². The SMILES string of the molecule is CN1CCC(C)(O)C(C)(C)C1Cc1ccccc1. The Morgan fingerprint density at radius 3 is 2.44 bits per heavy atom. The zero-order chi connectivity index (χ0) is 13.4. The van der Waals surface area contributed by atoms with Gasteiger partial charge in [0.1, 0.15) is 0 Å². The van der Waals surface area contributed by atoms with E-state index in [1.54, 1.807) is 0 Å². The number of piperidine rings is 1. The zero-order valence-electron chi connectivity index (χ0n) is 12.0. The molecule has 0 radical (unpaired) electrons. The monoisotopic (exact) mass is 247 g/mol. The maximum Gasteiger partial charge on any atom is 0.0697 e. The fourth-order valence-corrected chi connectivity index (χ4v) is 3.03. The number of benzene rings is 1. The van der Waals surface area contributed by atoms with Crippen molar-refractivity contribution in [3.05, 3.63) is 35.9 Å². The Morgan fingerprint density at radius 2 is 1.83 bits per heavy atom. The van der Waals surface area contributed by atoms with Crippen LogP contribution in [-0.2, 0) is 6.42 Å². The van der Waals surface area contributed by atoms with Gasteiger partial charge in [-0.1, -0.05) is 44.2 Å². The molecule has 1 fully saturated rings. The average molecular weight is 247 g/mol. The van der Waals surface area contributed by atoms with Gasteiger partial charge in [0.25, 0.3) is 0 Å². The Balaban J connectivity index is 2.24. The molecule has 0 aliphatic carbocycles. The molecule has 0 saturated carbocycles. The number of likely N-dealkylation sites (N-methyl/N-ethyl adjacent to an activating group) is 1. The molecule has 100 valence electrons. The number of nitrogens with zero attached hydrogens (tertiary/aromatic N) is 1. The van der Waals surface area contributed by atoms with Gasteiger partial charge in [0, 0.05) is 18.0 Å². The van der Waals surface area contributed by atoms with E-state index in [2.05, 4.69) is 56.1 Å². The smallest absolute Gasteiger partial charge is 0.0697 e. The molecule has 2 heteroatoms. The van der Waals surface area contributed by atoms with E-state index < -0.39 is 5.60 Å². The molecule has 0 bridgehead atoms. The highest BCUT2D eigenvalue weighted by Gasteiger charge is 2.49. The van der Waals surface area contributed by atoms with Crippen molar-refractivity contribution in [2.45, 2.75) is 45.3 Å². The second-order valence-electron chi connectivity index (χ2n) is 6.43. The van der Waals surface area contributed by atoms with Crippen LogP contribution in [0.25, 0.3) is 0 Å². The summed E-state index contributed by atoms with van der Waals surface area (Å²) in [6.07, 6.45) is 1.85. The summed E-state index contributed by atoms with van der Waals surface area (Å²) >= 11 is 0. The summed E-state index contributed by atoms with van der Waals surface area (Å²) < 4.78 is 0. The molecular weight excluding hydrogens is 222 g/mol. The van der Waals surface area contributed by atoms with Crippen molar-refractivity contribution in [1.82, 2.24) is 4.90 Å². The standard InChI is InChI=1S/C16H25NO/c1-15(2)14(12-13-8-6-5-7-9-13)17(4)11-10-16(15,3)18/h5-9,14,18H,10-12H2,1-4H3. The predicted octanol–water partition coefficient (Wildman–Crippen LogP) is 2.71. The summed E-state index contributed by atoms with van der Waals surface area (Å²) in [6, 6.07) is 11.0. The summed E-state index contributed by atoms with van der Waals surface area (Å²) in [5.41, 5.74) is 0.662. The van der Waals surface area contributed by atoms with E-state index in [1.807, 2.05) is 6.92 Å². The van der Waals surface area contributed by atoms with Crippen molar-refractivity contribution in [1.29, 1.82) is 0 Å².